The second-order valence-corrected chi connectivity index (χ2v) is 5.69. The van der Waals surface area contributed by atoms with Crippen molar-refractivity contribution in [3.8, 4) is 0 Å². The molecule has 1 heterocycles. The van der Waals surface area contributed by atoms with E-state index in [0.717, 1.165) is 24.6 Å². The molecule has 0 saturated heterocycles. The molecule has 0 bridgehead atoms. The van der Waals surface area contributed by atoms with Crippen molar-refractivity contribution < 1.29 is 13.2 Å². The van der Waals surface area contributed by atoms with Crippen molar-refractivity contribution in [2.75, 3.05) is 0 Å². The maximum Gasteiger partial charge on any atom is 0.281 e. The van der Waals surface area contributed by atoms with E-state index in [0.29, 0.717) is 24.0 Å². The molecule has 1 aromatic heterocycles. The monoisotopic (exact) mass is 297 g/mol. The molecular formula is C13H13F2N3OS. The van der Waals surface area contributed by atoms with Crippen LogP contribution in [-0.2, 0) is 6.54 Å². The average Bonchev–Trinajstić information content (AvgIpc) is 3.14. The summed E-state index contributed by atoms with van der Waals surface area (Å²) < 4.78 is 33.0. The third kappa shape index (κ3) is 3.16. The average molecular weight is 297 g/mol. The van der Waals surface area contributed by atoms with Crippen molar-refractivity contribution in [1.82, 2.24) is 15.5 Å². The Kier molecular flexibility index (Phi) is 3.71. The molecule has 0 unspecified atom stereocenters. The molecule has 1 fully saturated rings. The lowest BCUT2D eigenvalue weighted by atomic mass is 10.2. The van der Waals surface area contributed by atoms with Crippen LogP contribution in [0.1, 0.15) is 24.3 Å². The van der Waals surface area contributed by atoms with Crippen LogP contribution in [0.2, 0.25) is 0 Å². The van der Waals surface area contributed by atoms with Crippen LogP contribution in [0, 0.1) is 18.6 Å². The molecule has 4 nitrogen and oxygen atoms in total. The maximum absolute atomic E-state index is 14.0. The predicted octanol–water partition coefficient (Wildman–Crippen LogP) is 3.06. The number of halogens is 2. The number of aryl methyl sites for hydroxylation is 1. The Morgan fingerprint density at radius 2 is 2.00 bits per heavy atom. The van der Waals surface area contributed by atoms with Crippen molar-refractivity contribution in [3.05, 3.63) is 35.2 Å². The van der Waals surface area contributed by atoms with Crippen LogP contribution < -0.4 is 5.32 Å². The molecule has 0 aliphatic heterocycles. The predicted molar refractivity (Wildman–Crippen MR) is 69.4 cm³/mol. The molecule has 1 aliphatic carbocycles. The minimum absolute atomic E-state index is 0.121. The number of hydrogen-bond donors (Lipinski definition) is 1. The minimum Gasteiger partial charge on any atom is -0.416 e. The molecular weight excluding hydrogens is 284 g/mol. The summed E-state index contributed by atoms with van der Waals surface area (Å²) in [4.78, 5) is -0.121. The van der Waals surface area contributed by atoms with Crippen molar-refractivity contribution in [1.29, 1.82) is 0 Å². The first-order valence-electron chi connectivity index (χ1n) is 6.31. The van der Waals surface area contributed by atoms with Crippen molar-refractivity contribution in [3.63, 3.8) is 0 Å². The number of rotatable bonds is 5. The molecule has 1 N–H and O–H groups in total. The summed E-state index contributed by atoms with van der Waals surface area (Å²) >= 11 is 0.796. The summed E-state index contributed by atoms with van der Waals surface area (Å²) in [6, 6.07) is 3.17. The number of hydrogen-bond acceptors (Lipinski definition) is 5. The molecule has 2 aromatic rings. The first kappa shape index (κ1) is 13.5. The zero-order chi connectivity index (χ0) is 14.1. The maximum atomic E-state index is 14.0. The fourth-order valence-electron chi connectivity index (χ4n) is 1.77. The van der Waals surface area contributed by atoms with Gasteiger partial charge in [0.1, 0.15) is 11.6 Å². The highest BCUT2D eigenvalue weighted by Crippen LogP contribution is 2.32. The fraction of sp³-hybridized carbons (Fsp3) is 0.385. The third-order valence-electron chi connectivity index (χ3n) is 2.93. The normalized spacial score (nSPS) is 14.8. The second kappa shape index (κ2) is 5.49. The van der Waals surface area contributed by atoms with Gasteiger partial charge in [-0.05, 0) is 42.3 Å². The standard InChI is InChI=1S/C13H13F2N3OS/c1-7-17-18-13(19-7)20-12-10(14)4-8(5-11(12)15)6-16-9-2-3-9/h4-5,9,16H,2-3,6H2,1H3. The van der Waals surface area contributed by atoms with E-state index in [2.05, 4.69) is 15.5 Å². The van der Waals surface area contributed by atoms with Gasteiger partial charge in [0, 0.05) is 19.5 Å². The lowest BCUT2D eigenvalue weighted by Crippen LogP contribution is -2.15. The van der Waals surface area contributed by atoms with E-state index in [1.165, 1.54) is 12.1 Å². The van der Waals surface area contributed by atoms with E-state index in [4.69, 9.17) is 4.42 Å². The number of nitrogens with one attached hydrogen (secondary N) is 1. The summed E-state index contributed by atoms with van der Waals surface area (Å²) in [5.41, 5.74) is 0.595. The van der Waals surface area contributed by atoms with E-state index in [9.17, 15) is 8.78 Å². The third-order valence-corrected chi connectivity index (χ3v) is 3.86. The fourth-order valence-corrected chi connectivity index (χ4v) is 2.50. The van der Waals surface area contributed by atoms with E-state index >= 15 is 0 Å². The molecule has 0 amide bonds. The van der Waals surface area contributed by atoms with Crippen LogP contribution in [0.3, 0.4) is 0 Å². The van der Waals surface area contributed by atoms with Crippen molar-refractivity contribution in [2.45, 2.75) is 42.5 Å². The molecule has 0 atom stereocenters. The SMILES string of the molecule is Cc1nnc(Sc2c(F)cc(CNC3CC3)cc2F)o1. The van der Waals surface area contributed by atoms with Crippen molar-refractivity contribution >= 4 is 11.8 Å². The highest BCUT2D eigenvalue weighted by molar-refractivity contribution is 7.99. The zero-order valence-corrected chi connectivity index (χ0v) is 11.6. The molecule has 106 valence electrons. The summed E-state index contributed by atoms with van der Waals surface area (Å²) in [7, 11) is 0. The minimum atomic E-state index is -0.613. The largest absolute Gasteiger partial charge is 0.416 e. The molecule has 7 heteroatoms. The van der Waals surface area contributed by atoms with Gasteiger partial charge in [0.2, 0.25) is 5.89 Å². The van der Waals surface area contributed by atoms with E-state index in [1.54, 1.807) is 6.92 Å². The van der Waals surface area contributed by atoms with Gasteiger partial charge in [0.25, 0.3) is 5.22 Å². The molecule has 3 rings (SSSR count). The van der Waals surface area contributed by atoms with E-state index in [1.807, 2.05) is 0 Å². The molecule has 0 radical (unpaired) electrons. The van der Waals surface area contributed by atoms with Crippen LogP contribution >= 0.6 is 11.8 Å². The van der Waals surface area contributed by atoms with Gasteiger partial charge in [-0.2, -0.15) is 0 Å². The van der Waals surface area contributed by atoms with Crippen LogP contribution in [0.15, 0.2) is 26.7 Å². The van der Waals surface area contributed by atoms with Gasteiger partial charge in [-0.3, -0.25) is 0 Å². The van der Waals surface area contributed by atoms with Gasteiger partial charge < -0.3 is 9.73 Å². The lowest BCUT2D eigenvalue weighted by molar-refractivity contribution is 0.427. The van der Waals surface area contributed by atoms with Gasteiger partial charge in [-0.25, -0.2) is 8.78 Å². The first-order chi connectivity index (χ1) is 9.61. The molecule has 0 spiro atoms. The first-order valence-corrected chi connectivity index (χ1v) is 7.13. The summed E-state index contributed by atoms with van der Waals surface area (Å²) in [6.45, 7) is 2.10. The summed E-state index contributed by atoms with van der Waals surface area (Å²) in [6.07, 6.45) is 2.27. The van der Waals surface area contributed by atoms with Crippen molar-refractivity contribution in [2.24, 2.45) is 0 Å². The summed E-state index contributed by atoms with van der Waals surface area (Å²) in [5, 5.41) is 10.7. The Labute approximate surface area is 119 Å². The molecule has 1 aromatic carbocycles. The Bertz CT molecular complexity index is 605. The zero-order valence-electron chi connectivity index (χ0n) is 10.8. The van der Waals surface area contributed by atoms with Gasteiger partial charge in [-0.1, -0.05) is 0 Å². The molecule has 1 saturated carbocycles. The van der Waals surface area contributed by atoms with Gasteiger partial charge in [-0.15, -0.1) is 10.2 Å². The Hall–Kier alpha value is -1.47. The van der Waals surface area contributed by atoms with Crippen LogP contribution in [0.5, 0.6) is 0 Å². The number of nitrogens with zero attached hydrogens (tertiary/aromatic N) is 2. The quantitative estimate of drug-likeness (QED) is 0.919. The van der Waals surface area contributed by atoms with E-state index < -0.39 is 11.6 Å². The number of benzene rings is 1. The Balaban J connectivity index is 1.76. The number of aromatic nitrogens is 2. The van der Waals surface area contributed by atoms with Crippen LogP contribution in [-0.4, -0.2) is 16.2 Å². The van der Waals surface area contributed by atoms with Gasteiger partial charge >= 0.3 is 0 Å². The van der Waals surface area contributed by atoms with Gasteiger partial charge in [0.15, 0.2) is 0 Å². The van der Waals surface area contributed by atoms with Crippen LogP contribution in [0.4, 0.5) is 8.78 Å². The molecule has 1 aliphatic rings. The van der Waals surface area contributed by atoms with E-state index in [-0.39, 0.29) is 10.1 Å². The highest BCUT2D eigenvalue weighted by Gasteiger charge is 2.21. The Morgan fingerprint density at radius 3 is 2.55 bits per heavy atom. The molecule has 20 heavy (non-hydrogen) atoms. The van der Waals surface area contributed by atoms with Crippen LogP contribution in [0.25, 0.3) is 0 Å². The highest BCUT2D eigenvalue weighted by atomic mass is 32.2. The Morgan fingerprint density at radius 1 is 1.30 bits per heavy atom. The topological polar surface area (TPSA) is 51.0 Å². The summed E-state index contributed by atoms with van der Waals surface area (Å²) in [5.74, 6) is -0.865. The van der Waals surface area contributed by atoms with Gasteiger partial charge in [0.05, 0.1) is 4.90 Å². The lowest BCUT2D eigenvalue weighted by Gasteiger charge is -2.07. The second-order valence-electron chi connectivity index (χ2n) is 4.73. The smallest absolute Gasteiger partial charge is 0.281 e.